The Labute approximate surface area is 127 Å². The maximum atomic E-state index is 13.9. The van der Waals surface area contributed by atoms with Crippen LogP contribution in [0.15, 0.2) is 22.7 Å². The number of nitrogens with one attached hydrogen (secondary N) is 1. The Hall–Kier alpha value is -0.980. The SMILES string of the molecule is CN(C)C(=O)C1CNCCN1Cc1cc(Br)ccc1F. The number of nitrogens with zero attached hydrogens (tertiary/aromatic N) is 2. The lowest BCUT2D eigenvalue weighted by Gasteiger charge is -2.36. The lowest BCUT2D eigenvalue weighted by Crippen LogP contribution is -2.57. The highest BCUT2D eigenvalue weighted by atomic mass is 79.9. The largest absolute Gasteiger partial charge is 0.347 e. The van der Waals surface area contributed by atoms with Crippen LogP contribution in [0, 0.1) is 5.82 Å². The van der Waals surface area contributed by atoms with Crippen LogP contribution in [-0.4, -0.2) is 55.5 Å². The van der Waals surface area contributed by atoms with Crippen LogP contribution in [0.4, 0.5) is 4.39 Å². The van der Waals surface area contributed by atoms with Crippen molar-refractivity contribution in [2.45, 2.75) is 12.6 Å². The quantitative estimate of drug-likeness (QED) is 0.902. The number of rotatable bonds is 3. The summed E-state index contributed by atoms with van der Waals surface area (Å²) >= 11 is 3.36. The Kier molecular flexibility index (Phi) is 5.12. The van der Waals surface area contributed by atoms with E-state index in [2.05, 4.69) is 21.2 Å². The van der Waals surface area contributed by atoms with Crippen molar-refractivity contribution < 1.29 is 9.18 Å². The molecule has 1 saturated heterocycles. The Balaban J connectivity index is 2.16. The van der Waals surface area contributed by atoms with Crippen molar-refractivity contribution in [2.24, 2.45) is 0 Å². The van der Waals surface area contributed by atoms with Crippen molar-refractivity contribution in [3.63, 3.8) is 0 Å². The number of halogens is 2. The van der Waals surface area contributed by atoms with Gasteiger partial charge in [0.25, 0.3) is 0 Å². The Morgan fingerprint density at radius 1 is 1.55 bits per heavy atom. The number of hydrogen-bond donors (Lipinski definition) is 1. The lowest BCUT2D eigenvalue weighted by molar-refractivity contribution is -0.135. The van der Waals surface area contributed by atoms with Crippen LogP contribution >= 0.6 is 15.9 Å². The van der Waals surface area contributed by atoms with E-state index in [1.807, 2.05) is 4.90 Å². The first-order chi connectivity index (χ1) is 9.49. The molecule has 1 atom stereocenters. The third-order valence-corrected chi connectivity index (χ3v) is 3.95. The Morgan fingerprint density at radius 3 is 3.00 bits per heavy atom. The number of piperazine rings is 1. The average molecular weight is 344 g/mol. The number of benzene rings is 1. The Morgan fingerprint density at radius 2 is 2.30 bits per heavy atom. The molecule has 1 aliphatic heterocycles. The van der Waals surface area contributed by atoms with Crippen LogP contribution in [0.5, 0.6) is 0 Å². The normalized spacial score (nSPS) is 19.9. The molecule has 0 aliphatic carbocycles. The summed E-state index contributed by atoms with van der Waals surface area (Å²) in [5, 5.41) is 3.22. The fourth-order valence-electron chi connectivity index (χ4n) is 2.36. The van der Waals surface area contributed by atoms with Crippen molar-refractivity contribution >= 4 is 21.8 Å². The monoisotopic (exact) mass is 343 g/mol. The smallest absolute Gasteiger partial charge is 0.240 e. The molecular formula is C14H19BrFN3O. The fraction of sp³-hybridized carbons (Fsp3) is 0.500. The van der Waals surface area contributed by atoms with Crippen LogP contribution in [-0.2, 0) is 11.3 Å². The van der Waals surface area contributed by atoms with Crippen LogP contribution in [0.2, 0.25) is 0 Å². The predicted octanol–water partition coefficient (Wildman–Crippen LogP) is 1.45. The molecule has 0 saturated carbocycles. The summed E-state index contributed by atoms with van der Waals surface area (Å²) in [6.45, 7) is 2.59. The van der Waals surface area contributed by atoms with E-state index in [-0.39, 0.29) is 17.8 Å². The standard InChI is InChI=1S/C14H19BrFN3O/c1-18(2)14(20)13-8-17-5-6-19(13)9-10-7-11(15)3-4-12(10)16/h3-4,7,13,17H,5-6,8-9H2,1-2H3. The minimum atomic E-state index is -0.239. The number of hydrogen-bond acceptors (Lipinski definition) is 3. The molecule has 110 valence electrons. The first-order valence-electron chi connectivity index (χ1n) is 6.59. The van der Waals surface area contributed by atoms with Crippen molar-refractivity contribution in [3.05, 3.63) is 34.1 Å². The van der Waals surface area contributed by atoms with Gasteiger partial charge in [0.1, 0.15) is 11.9 Å². The molecule has 1 N–H and O–H groups in total. The van der Waals surface area contributed by atoms with Crippen LogP contribution in [0.25, 0.3) is 0 Å². The summed E-state index contributed by atoms with van der Waals surface area (Å²) in [6.07, 6.45) is 0. The van der Waals surface area contributed by atoms with E-state index in [9.17, 15) is 9.18 Å². The number of amides is 1. The van der Waals surface area contributed by atoms with E-state index in [0.29, 0.717) is 18.7 Å². The number of carbonyl (C=O) groups is 1. The molecule has 1 aliphatic rings. The highest BCUT2D eigenvalue weighted by molar-refractivity contribution is 9.10. The summed E-state index contributed by atoms with van der Waals surface area (Å²) in [5.41, 5.74) is 0.609. The molecule has 4 nitrogen and oxygen atoms in total. The highest BCUT2D eigenvalue weighted by Crippen LogP contribution is 2.19. The zero-order chi connectivity index (χ0) is 14.7. The van der Waals surface area contributed by atoms with Gasteiger partial charge in [0.2, 0.25) is 5.91 Å². The zero-order valence-electron chi connectivity index (χ0n) is 11.7. The van der Waals surface area contributed by atoms with Crippen LogP contribution < -0.4 is 5.32 Å². The Bertz CT molecular complexity index is 495. The van der Waals surface area contributed by atoms with Gasteiger partial charge in [-0.2, -0.15) is 0 Å². The van der Waals surface area contributed by atoms with Gasteiger partial charge in [-0.15, -0.1) is 0 Å². The van der Waals surface area contributed by atoms with Crippen molar-refractivity contribution in [2.75, 3.05) is 33.7 Å². The second kappa shape index (κ2) is 6.65. The summed E-state index contributed by atoms with van der Waals surface area (Å²) < 4.78 is 14.7. The molecule has 20 heavy (non-hydrogen) atoms. The van der Waals surface area contributed by atoms with Gasteiger partial charge in [0.05, 0.1) is 0 Å². The van der Waals surface area contributed by atoms with Gasteiger partial charge >= 0.3 is 0 Å². The van der Waals surface area contributed by atoms with Crippen molar-refractivity contribution in [1.82, 2.24) is 15.1 Å². The van der Waals surface area contributed by atoms with E-state index < -0.39 is 0 Å². The first-order valence-corrected chi connectivity index (χ1v) is 7.38. The van der Waals surface area contributed by atoms with Gasteiger partial charge in [0, 0.05) is 50.3 Å². The van der Waals surface area contributed by atoms with Crippen LogP contribution in [0.3, 0.4) is 0 Å². The molecule has 0 bridgehead atoms. The molecule has 1 heterocycles. The van der Waals surface area contributed by atoms with Gasteiger partial charge in [-0.25, -0.2) is 4.39 Å². The third kappa shape index (κ3) is 3.56. The maximum Gasteiger partial charge on any atom is 0.240 e. The van der Waals surface area contributed by atoms with Gasteiger partial charge in [-0.05, 0) is 18.2 Å². The summed E-state index contributed by atoms with van der Waals surface area (Å²) in [6, 6.07) is 4.66. The average Bonchev–Trinajstić information content (AvgIpc) is 2.42. The topological polar surface area (TPSA) is 35.6 Å². The van der Waals surface area contributed by atoms with Gasteiger partial charge in [-0.1, -0.05) is 15.9 Å². The molecule has 0 aromatic heterocycles. The van der Waals surface area contributed by atoms with Crippen molar-refractivity contribution in [3.8, 4) is 0 Å². The van der Waals surface area contributed by atoms with Crippen molar-refractivity contribution in [1.29, 1.82) is 0 Å². The highest BCUT2D eigenvalue weighted by Gasteiger charge is 2.30. The molecule has 1 fully saturated rings. The maximum absolute atomic E-state index is 13.9. The second-order valence-corrected chi connectivity index (χ2v) is 6.07. The van der Waals surface area contributed by atoms with Gasteiger partial charge in [-0.3, -0.25) is 9.69 Å². The molecule has 6 heteroatoms. The zero-order valence-corrected chi connectivity index (χ0v) is 13.3. The van der Waals surface area contributed by atoms with E-state index in [0.717, 1.165) is 17.6 Å². The second-order valence-electron chi connectivity index (χ2n) is 5.16. The minimum absolute atomic E-state index is 0.0487. The van der Waals surface area contributed by atoms with E-state index in [1.165, 1.54) is 6.07 Å². The molecule has 0 spiro atoms. The molecule has 2 rings (SSSR count). The summed E-state index contributed by atoms with van der Waals surface area (Å²) in [7, 11) is 3.49. The van der Waals surface area contributed by atoms with E-state index in [4.69, 9.17) is 0 Å². The summed E-state index contributed by atoms with van der Waals surface area (Å²) in [4.78, 5) is 15.8. The third-order valence-electron chi connectivity index (χ3n) is 3.46. The van der Waals surface area contributed by atoms with Gasteiger partial charge < -0.3 is 10.2 Å². The molecule has 1 aromatic carbocycles. The molecule has 1 aromatic rings. The molecule has 0 radical (unpaired) electrons. The fourth-order valence-corrected chi connectivity index (χ4v) is 2.77. The molecule has 1 unspecified atom stereocenters. The molecular weight excluding hydrogens is 325 g/mol. The lowest BCUT2D eigenvalue weighted by atomic mass is 10.1. The minimum Gasteiger partial charge on any atom is -0.347 e. The van der Waals surface area contributed by atoms with E-state index in [1.54, 1.807) is 31.1 Å². The van der Waals surface area contributed by atoms with E-state index >= 15 is 0 Å². The van der Waals surface area contributed by atoms with Gasteiger partial charge in [0.15, 0.2) is 0 Å². The molecule has 1 amide bonds. The summed E-state index contributed by atoms with van der Waals surface area (Å²) in [5.74, 6) is -0.185. The first kappa shape index (κ1) is 15.4. The number of likely N-dealkylation sites (N-methyl/N-ethyl adjacent to an activating group) is 1. The predicted molar refractivity (Wildman–Crippen MR) is 79.9 cm³/mol. The van der Waals surface area contributed by atoms with Crippen LogP contribution in [0.1, 0.15) is 5.56 Å². The number of carbonyl (C=O) groups excluding carboxylic acids is 1.